The van der Waals surface area contributed by atoms with Crippen molar-refractivity contribution in [2.24, 2.45) is 0 Å². The topological polar surface area (TPSA) is 32.3 Å². The maximum absolute atomic E-state index is 12.3. The van der Waals surface area contributed by atoms with Gasteiger partial charge in [-0.1, -0.05) is 24.3 Å². The fourth-order valence-corrected chi connectivity index (χ4v) is 2.93. The van der Waals surface area contributed by atoms with Gasteiger partial charge >= 0.3 is 0 Å². The molecule has 0 atom stereocenters. The highest BCUT2D eigenvalue weighted by atomic mass is 16.2. The van der Waals surface area contributed by atoms with E-state index >= 15 is 0 Å². The van der Waals surface area contributed by atoms with Gasteiger partial charge in [-0.3, -0.25) is 4.79 Å². The highest BCUT2D eigenvalue weighted by molar-refractivity contribution is 5.81. The van der Waals surface area contributed by atoms with E-state index in [1.54, 1.807) is 0 Å². The number of rotatable bonds is 6. The number of likely N-dealkylation sites (N-methyl/N-ethyl adjacent to an activating group) is 1. The summed E-state index contributed by atoms with van der Waals surface area (Å²) in [5.74, 6) is 0.133. The van der Waals surface area contributed by atoms with Crippen LogP contribution >= 0.6 is 0 Å². The highest BCUT2D eigenvalue weighted by Gasteiger charge is 2.15. The van der Waals surface area contributed by atoms with E-state index in [-0.39, 0.29) is 5.91 Å². The van der Waals surface area contributed by atoms with Gasteiger partial charge in [0.25, 0.3) is 0 Å². The molecular weight excluding hydrogens is 260 g/mol. The molecule has 0 bridgehead atoms. The molecule has 0 spiro atoms. The number of carbonyl (C=O) groups excluding carboxylic acids is 1. The van der Waals surface area contributed by atoms with E-state index in [0.29, 0.717) is 13.1 Å². The molecule has 0 fully saturated rings. The zero-order chi connectivity index (χ0) is 15.2. The molecule has 0 saturated heterocycles. The molecule has 0 radical (unpaired) electrons. The molecule has 2 rings (SSSR count). The van der Waals surface area contributed by atoms with E-state index in [4.69, 9.17) is 0 Å². The summed E-state index contributed by atoms with van der Waals surface area (Å²) in [4.78, 5) is 14.1. The Hall–Kier alpha value is -1.77. The molecule has 3 heteroatoms. The van der Waals surface area contributed by atoms with Crippen molar-refractivity contribution in [3.8, 4) is 0 Å². The molecule has 1 aromatic rings. The summed E-state index contributed by atoms with van der Waals surface area (Å²) < 4.78 is 0. The first kappa shape index (κ1) is 15.6. The number of anilines is 1. The van der Waals surface area contributed by atoms with Gasteiger partial charge in [-0.25, -0.2) is 0 Å². The van der Waals surface area contributed by atoms with Gasteiger partial charge in [0, 0.05) is 18.8 Å². The van der Waals surface area contributed by atoms with Gasteiger partial charge in [0.15, 0.2) is 0 Å². The second-order valence-corrected chi connectivity index (χ2v) is 5.87. The van der Waals surface area contributed by atoms with Crippen molar-refractivity contribution >= 4 is 11.6 Å². The number of fused-ring (bicyclic) bond motifs is 1. The monoisotopic (exact) mass is 286 g/mol. The van der Waals surface area contributed by atoms with Crippen molar-refractivity contribution in [3.63, 3.8) is 0 Å². The maximum Gasteiger partial charge on any atom is 0.242 e. The number of hydrogen-bond donors (Lipinski definition) is 1. The maximum atomic E-state index is 12.3. The number of amides is 1. The molecule has 1 N–H and O–H groups in total. The van der Waals surface area contributed by atoms with E-state index in [9.17, 15) is 4.79 Å². The van der Waals surface area contributed by atoms with Gasteiger partial charge in [-0.2, -0.15) is 0 Å². The van der Waals surface area contributed by atoms with Gasteiger partial charge in [-0.15, -0.1) is 0 Å². The molecule has 1 aliphatic carbocycles. The number of carbonyl (C=O) groups is 1. The third-order valence-electron chi connectivity index (χ3n) is 4.02. The Morgan fingerprint density at radius 1 is 1.33 bits per heavy atom. The minimum absolute atomic E-state index is 0.133. The molecule has 0 aromatic heterocycles. The Morgan fingerprint density at radius 2 is 2.10 bits per heavy atom. The molecule has 0 unspecified atom stereocenters. The van der Waals surface area contributed by atoms with E-state index in [2.05, 4.69) is 30.1 Å². The van der Waals surface area contributed by atoms with Crippen LogP contribution in [-0.2, 0) is 17.6 Å². The smallest absolute Gasteiger partial charge is 0.242 e. The van der Waals surface area contributed by atoms with Crippen LogP contribution in [0.25, 0.3) is 0 Å². The van der Waals surface area contributed by atoms with Crippen molar-refractivity contribution in [2.45, 2.75) is 39.5 Å². The number of hydrogen-bond acceptors (Lipinski definition) is 2. The van der Waals surface area contributed by atoms with Crippen LogP contribution in [0.4, 0.5) is 5.69 Å². The zero-order valence-electron chi connectivity index (χ0n) is 13.2. The molecule has 114 valence electrons. The SMILES string of the molecule is C=C(C)CN(CC)C(=O)CNc1cccc2c1CCCC2. The Morgan fingerprint density at radius 3 is 2.81 bits per heavy atom. The normalized spacial score (nSPS) is 13.4. The lowest BCUT2D eigenvalue weighted by Gasteiger charge is -2.23. The van der Waals surface area contributed by atoms with Crippen molar-refractivity contribution < 1.29 is 4.79 Å². The lowest BCUT2D eigenvalue weighted by molar-refractivity contribution is -0.128. The zero-order valence-corrected chi connectivity index (χ0v) is 13.2. The Kier molecular flexibility index (Phi) is 5.43. The number of aryl methyl sites for hydroxylation is 1. The molecule has 0 heterocycles. The van der Waals surface area contributed by atoms with E-state index < -0.39 is 0 Å². The summed E-state index contributed by atoms with van der Waals surface area (Å²) >= 11 is 0. The van der Waals surface area contributed by atoms with Crippen LogP contribution in [0.3, 0.4) is 0 Å². The van der Waals surface area contributed by atoms with E-state index in [1.807, 2.05) is 18.7 Å². The third kappa shape index (κ3) is 4.10. The standard InChI is InChI=1S/C18H26N2O/c1-4-20(13-14(2)3)18(21)12-19-17-11-7-9-15-8-5-6-10-16(15)17/h7,9,11,19H,2,4-6,8,10,12-13H2,1,3H3. The molecule has 1 amide bonds. The minimum Gasteiger partial charge on any atom is -0.376 e. The quantitative estimate of drug-likeness (QED) is 0.813. The van der Waals surface area contributed by atoms with Crippen LogP contribution in [0.1, 0.15) is 37.8 Å². The second-order valence-electron chi connectivity index (χ2n) is 5.87. The first-order valence-electron chi connectivity index (χ1n) is 7.88. The Labute approximate surface area is 128 Å². The highest BCUT2D eigenvalue weighted by Crippen LogP contribution is 2.27. The molecule has 1 aliphatic rings. The third-order valence-corrected chi connectivity index (χ3v) is 4.02. The molecule has 1 aromatic carbocycles. The summed E-state index contributed by atoms with van der Waals surface area (Å²) in [5, 5.41) is 3.34. The molecular formula is C18H26N2O. The summed E-state index contributed by atoms with van der Waals surface area (Å²) in [6.07, 6.45) is 4.81. The average Bonchev–Trinajstić information content (AvgIpc) is 2.50. The molecule has 3 nitrogen and oxygen atoms in total. The minimum atomic E-state index is 0.133. The summed E-state index contributed by atoms with van der Waals surface area (Å²) in [5.41, 5.74) is 4.99. The molecule has 21 heavy (non-hydrogen) atoms. The van der Waals surface area contributed by atoms with Crippen molar-refractivity contribution in [3.05, 3.63) is 41.5 Å². The molecule has 0 aliphatic heterocycles. The average molecular weight is 286 g/mol. The van der Waals surface area contributed by atoms with Crippen LogP contribution in [0.5, 0.6) is 0 Å². The number of nitrogens with zero attached hydrogens (tertiary/aromatic N) is 1. The van der Waals surface area contributed by atoms with Crippen LogP contribution < -0.4 is 5.32 Å². The summed E-state index contributed by atoms with van der Waals surface area (Å²) in [6, 6.07) is 6.38. The van der Waals surface area contributed by atoms with Crippen LogP contribution in [0.15, 0.2) is 30.4 Å². The van der Waals surface area contributed by atoms with Gasteiger partial charge < -0.3 is 10.2 Å². The van der Waals surface area contributed by atoms with E-state index in [0.717, 1.165) is 30.6 Å². The first-order valence-corrected chi connectivity index (χ1v) is 7.88. The predicted octanol–water partition coefficient (Wildman–Crippen LogP) is 3.40. The molecule has 0 saturated carbocycles. The Bertz CT molecular complexity index is 522. The van der Waals surface area contributed by atoms with E-state index in [1.165, 1.54) is 24.0 Å². The van der Waals surface area contributed by atoms with Crippen LogP contribution in [-0.4, -0.2) is 30.4 Å². The van der Waals surface area contributed by atoms with Gasteiger partial charge in [0.1, 0.15) is 0 Å². The summed E-state index contributed by atoms with van der Waals surface area (Å²) in [6.45, 7) is 9.57. The second kappa shape index (κ2) is 7.30. The lowest BCUT2D eigenvalue weighted by atomic mass is 9.90. The first-order chi connectivity index (χ1) is 10.1. The predicted molar refractivity (Wildman–Crippen MR) is 88.6 cm³/mol. The van der Waals surface area contributed by atoms with Gasteiger partial charge in [-0.05, 0) is 56.7 Å². The van der Waals surface area contributed by atoms with Crippen LogP contribution in [0.2, 0.25) is 0 Å². The number of benzene rings is 1. The van der Waals surface area contributed by atoms with Crippen LogP contribution in [0, 0.1) is 0 Å². The largest absolute Gasteiger partial charge is 0.376 e. The van der Waals surface area contributed by atoms with Gasteiger partial charge in [0.2, 0.25) is 5.91 Å². The fraction of sp³-hybridized carbons (Fsp3) is 0.500. The van der Waals surface area contributed by atoms with Gasteiger partial charge in [0.05, 0.1) is 6.54 Å². The van der Waals surface area contributed by atoms with Crippen molar-refractivity contribution in [1.29, 1.82) is 0 Å². The van der Waals surface area contributed by atoms with Crippen molar-refractivity contribution in [2.75, 3.05) is 25.0 Å². The van der Waals surface area contributed by atoms with Crippen molar-refractivity contribution in [1.82, 2.24) is 4.90 Å². The Balaban J connectivity index is 1.99. The fourth-order valence-electron chi connectivity index (χ4n) is 2.93. The lowest BCUT2D eigenvalue weighted by Crippen LogP contribution is -2.36. The number of nitrogens with one attached hydrogen (secondary N) is 1. The summed E-state index contributed by atoms with van der Waals surface area (Å²) in [7, 11) is 0.